The van der Waals surface area contributed by atoms with Crippen LogP contribution in [0.5, 0.6) is 23.0 Å². The van der Waals surface area contributed by atoms with Crippen LogP contribution in [0, 0.1) is 0 Å². The Bertz CT molecular complexity index is 1700. The van der Waals surface area contributed by atoms with Gasteiger partial charge in [-0.2, -0.15) is 16.8 Å². The SMILES string of the molecule is O=S1(=O)Oc2ccc3c(c2OS(=O)(=O)O1)C(c1ccc(O)cc1)(c1ccc(O)cc1)c1ccccc1-3. The van der Waals surface area contributed by atoms with E-state index in [4.69, 9.17) is 8.37 Å². The van der Waals surface area contributed by atoms with E-state index in [1.165, 1.54) is 30.3 Å². The highest BCUT2D eigenvalue weighted by atomic mass is 32.3. The molecule has 2 N–H and O–H groups in total. The summed E-state index contributed by atoms with van der Waals surface area (Å²) < 4.78 is 63.8. The minimum absolute atomic E-state index is 0.0136. The van der Waals surface area contributed by atoms with Crippen molar-refractivity contribution in [2.45, 2.75) is 5.41 Å². The molecule has 0 saturated carbocycles. The van der Waals surface area contributed by atoms with Crippen LogP contribution < -0.4 is 8.37 Å². The fraction of sp³-hybridized carbons (Fsp3) is 0.0400. The Morgan fingerprint density at radius 2 is 1.17 bits per heavy atom. The van der Waals surface area contributed by atoms with Crippen molar-refractivity contribution < 1.29 is 39.0 Å². The van der Waals surface area contributed by atoms with Gasteiger partial charge in [0.1, 0.15) is 11.5 Å². The summed E-state index contributed by atoms with van der Waals surface area (Å²) in [5, 5.41) is 20.0. The van der Waals surface area contributed by atoms with Gasteiger partial charge in [0.15, 0.2) is 11.5 Å². The number of hydrogen-bond acceptors (Lipinski definition) is 9. The number of fused-ring (bicyclic) bond motifs is 5. The van der Waals surface area contributed by atoms with Crippen LogP contribution in [-0.4, -0.2) is 27.0 Å². The summed E-state index contributed by atoms with van der Waals surface area (Å²) in [5.41, 5.74) is 2.31. The molecule has 9 nitrogen and oxygen atoms in total. The Kier molecular flexibility index (Phi) is 4.65. The Hall–Kier alpha value is -4.06. The molecule has 0 fully saturated rings. The van der Waals surface area contributed by atoms with E-state index in [1.54, 1.807) is 30.3 Å². The van der Waals surface area contributed by atoms with Gasteiger partial charge in [0.2, 0.25) is 0 Å². The average Bonchev–Trinajstić information content (AvgIpc) is 3.06. The summed E-state index contributed by atoms with van der Waals surface area (Å²) in [6, 6.07) is 22.9. The van der Waals surface area contributed by atoms with Crippen molar-refractivity contribution in [2.24, 2.45) is 0 Å². The standard InChI is InChI=1S/C25H16O9S2/c26-17-9-5-15(6-10-17)25(16-7-11-18(27)12-8-16)21-4-2-1-3-19(21)20-13-14-22-24(23(20)25)33-36(30,31)34-35(28,29)32-22/h1-14,26-27H. The summed E-state index contributed by atoms with van der Waals surface area (Å²) >= 11 is 0. The van der Waals surface area contributed by atoms with Gasteiger partial charge >= 0.3 is 20.8 Å². The van der Waals surface area contributed by atoms with Crippen LogP contribution in [0.2, 0.25) is 0 Å². The number of phenols is 2. The fourth-order valence-electron chi connectivity index (χ4n) is 5.02. The molecule has 0 bridgehead atoms. The van der Waals surface area contributed by atoms with Crippen LogP contribution in [0.3, 0.4) is 0 Å². The first-order valence-electron chi connectivity index (χ1n) is 10.6. The van der Waals surface area contributed by atoms with E-state index >= 15 is 0 Å². The number of phenolic OH excluding ortho intramolecular Hbond substituents is 2. The minimum atomic E-state index is -5.07. The molecule has 182 valence electrons. The second kappa shape index (κ2) is 7.47. The van der Waals surface area contributed by atoms with E-state index in [2.05, 4.69) is 3.63 Å². The van der Waals surface area contributed by atoms with E-state index in [-0.39, 0.29) is 23.0 Å². The summed E-state index contributed by atoms with van der Waals surface area (Å²) in [6.45, 7) is 0. The number of benzene rings is 4. The predicted molar refractivity (Wildman–Crippen MR) is 127 cm³/mol. The minimum Gasteiger partial charge on any atom is -0.508 e. The maximum Gasteiger partial charge on any atom is 0.466 e. The molecule has 1 aliphatic carbocycles. The van der Waals surface area contributed by atoms with Gasteiger partial charge in [0.05, 0.1) is 5.41 Å². The number of hydrogen-bond donors (Lipinski definition) is 2. The molecule has 1 heterocycles. The molecular formula is C25H16O9S2. The molecule has 2 aliphatic rings. The smallest absolute Gasteiger partial charge is 0.466 e. The lowest BCUT2D eigenvalue weighted by Gasteiger charge is -2.34. The second-order valence-electron chi connectivity index (χ2n) is 8.26. The van der Waals surface area contributed by atoms with Crippen molar-refractivity contribution in [1.82, 2.24) is 0 Å². The summed E-state index contributed by atoms with van der Waals surface area (Å²) in [7, 11) is -10.1. The van der Waals surface area contributed by atoms with Crippen molar-refractivity contribution in [2.75, 3.05) is 0 Å². The zero-order valence-electron chi connectivity index (χ0n) is 18.2. The lowest BCUT2D eigenvalue weighted by Crippen LogP contribution is -2.29. The summed E-state index contributed by atoms with van der Waals surface area (Å²) in [4.78, 5) is 0. The van der Waals surface area contributed by atoms with Crippen LogP contribution in [0.4, 0.5) is 0 Å². The first-order valence-corrected chi connectivity index (χ1v) is 13.2. The Labute approximate surface area is 206 Å². The molecule has 4 aromatic rings. The molecule has 36 heavy (non-hydrogen) atoms. The van der Waals surface area contributed by atoms with E-state index in [1.807, 2.05) is 24.3 Å². The molecule has 0 radical (unpaired) electrons. The van der Waals surface area contributed by atoms with E-state index in [0.717, 1.165) is 11.1 Å². The zero-order chi connectivity index (χ0) is 25.3. The summed E-state index contributed by atoms with van der Waals surface area (Å²) in [5.74, 6) is -0.699. The van der Waals surface area contributed by atoms with E-state index in [9.17, 15) is 27.0 Å². The topological polar surface area (TPSA) is 136 Å². The van der Waals surface area contributed by atoms with Crippen LogP contribution in [-0.2, 0) is 29.8 Å². The highest BCUT2D eigenvalue weighted by Gasteiger charge is 2.51. The molecule has 1 aliphatic heterocycles. The number of rotatable bonds is 2. The molecule has 0 atom stereocenters. The van der Waals surface area contributed by atoms with Gasteiger partial charge in [-0.05, 0) is 58.1 Å². The Morgan fingerprint density at radius 3 is 1.78 bits per heavy atom. The maximum absolute atomic E-state index is 12.5. The van der Waals surface area contributed by atoms with Gasteiger partial charge in [-0.1, -0.05) is 58.2 Å². The van der Waals surface area contributed by atoms with E-state index < -0.39 is 26.2 Å². The largest absolute Gasteiger partial charge is 0.508 e. The van der Waals surface area contributed by atoms with Gasteiger partial charge in [-0.3, -0.25) is 0 Å². The van der Waals surface area contributed by atoms with Crippen molar-refractivity contribution >= 4 is 20.8 Å². The van der Waals surface area contributed by atoms with Gasteiger partial charge in [-0.15, -0.1) is 0 Å². The van der Waals surface area contributed by atoms with Crippen LogP contribution in [0.1, 0.15) is 22.3 Å². The van der Waals surface area contributed by atoms with E-state index in [0.29, 0.717) is 22.3 Å². The van der Waals surface area contributed by atoms with Crippen LogP contribution >= 0.6 is 0 Å². The first-order chi connectivity index (χ1) is 17.1. The normalized spacial score (nSPS) is 18.0. The third-order valence-electron chi connectivity index (χ3n) is 6.26. The molecule has 0 aromatic heterocycles. The molecule has 6 rings (SSSR count). The van der Waals surface area contributed by atoms with Crippen molar-refractivity contribution in [3.8, 4) is 34.1 Å². The van der Waals surface area contributed by atoms with Gasteiger partial charge in [0, 0.05) is 5.56 Å². The van der Waals surface area contributed by atoms with Gasteiger partial charge in [-0.25, -0.2) is 0 Å². The molecule has 0 amide bonds. The molecule has 0 unspecified atom stereocenters. The lowest BCUT2D eigenvalue weighted by molar-refractivity contribution is 0.372. The predicted octanol–water partition coefficient (Wildman–Crippen LogP) is 3.74. The summed E-state index contributed by atoms with van der Waals surface area (Å²) in [6.07, 6.45) is 0. The van der Waals surface area contributed by atoms with Crippen LogP contribution in [0.15, 0.2) is 84.9 Å². The monoisotopic (exact) mass is 524 g/mol. The maximum atomic E-state index is 12.5. The van der Waals surface area contributed by atoms with Crippen LogP contribution in [0.25, 0.3) is 11.1 Å². The zero-order valence-corrected chi connectivity index (χ0v) is 19.8. The highest BCUT2D eigenvalue weighted by molar-refractivity contribution is 7.95. The third kappa shape index (κ3) is 3.24. The molecule has 0 spiro atoms. The average molecular weight is 525 g/mol. The highest BCUT2D eigenvalue weighted by Crippen LogP contribution is 2.61. The molecule has 0 saturated heterocycles. The first kappa shape index (κ1) is 22.4. The molecular weight excluding hydrogens is 508 g/mol. The van der Waals surface area contributed by atoms with Gasteiger partial charge in [0.25, 0.3) is 0 Å². The number of aromatic hydroxyl groups is 2. The second-order valence-corrected chi connectivity index (χ2v) is 10.8. The van der Waals surface area contributed by atoms with Gasteiger partial charge < -0.3 is 18.6 Å². The lowest BCUT2D eigenvalue weighted by atomic mass is 9.67. The Balaban J connectivity index is 1.81. The molecule has 4 aromatic carbocycles. The Morgan fingerprint density at radius 1 is 0.611 bits per heavy atom. The third-order valence-corrected chi connectivity index (χ3v) is 8.35. The fourth-order valence-corrected chi connectivity index (χ4v) is 6.78. The van der Waals surface area contributed by atoms with Crippen molar-refractivity contribution in [3.05, 3.63) is 107 Å². The van der Waals surface area contributed by atoms with Crippen molar-refractivity contribution in [3.63, 3.8) is 0 Å². The van der Waals surface area contributed by atoms with Crippen molar-refractivity contribution in [1.29, 1.82) is 0 Å². The quantitative estimate of drug-likeness (QED) is 0.354. The molecule has 11 heteroatoms.